The largest absolute Gasteiger partial charge is 0.394 e. The quantitative estimate of drug-likeness (QED) is 0.137. The van der Waals surface area contributed by atoms with E-state index in [1.54, 1.807) is 0 Å². The highest BCUT2D eigenvalue weighted by Gasteiger charge is 2.70. The fourth-order valence-electron chi connectivity index (χ4n) is 12.7. The number of aliphatic hydroxyl groups excluding tert-OH is 8. The Balaban J connectivity index is 1.16. The third-order valence-electron chi connectivity index (χ3n) is 17.1. The molecule has 20 atom stereocenters. The maximum atomic E-state index is 12.4. The van der Waals surface area contributed by atoms with Gasteiger partial charge in [-0.25, -0.2) is 0 Å². The van der Waals surface area contributed by atoms with Crippen molar-refractivity contribution in [2.45, 2.75) is 193 Å². The van der Waals surface area contributed by atoms with E-state index in [1.165, 1.54) is 5.57 Å². The summed E-state index contributed by atoms with van der Waals surface area (Å²) in [5.74, 6) is 1.61. The zero-order chi connectivity index (χ0) is 41.5. The summed E-state index contributed by atoms with van der Waals surface area (Å²) >= 11 is 0. The van der Waals surface area contributed by atoms with Crippen molar-refractivity contribution in [3.05, 3.63) is 11.6 Å². The van der Waals surface area contributed by atoms with E-state index in [4.69, 9.17) is 18.9 Å². The molecule has 0 amide bonds. The molecule has 0 spiro atoms. The fraction of sp³-hybridized carbons (Fsp3) is 0.953. The molecule has 0 radical (unpaired) electrons. The molecule has 13 nitrogen and oxygen atoms in total. The van der Waals surface area contributed by atoms with Crippen LogP contribution in [0.4, 0.5) is 0 Å². The minimum atomic E-state index is -1.66. The maximum absolute atomic E-state index is 12.4. The Bertz CT molecular complexity index is 1400. The first-order chi connectivity index (χ1) is 25.9. The van der Waals surface area contributed by atoms with E-state index in [-0.39, 0.29) is 28.1 Å². The van der Waals surface area contributed by atoms with Gasteiger partial charge in [-0.1, -0.05) is 66.5 Å². The van der Waals surface area contributed by atoms with E-state index in [0.29, 0.717) is 24.2 Å². The molecule has 6 aliphatic rings. The van der Waals surface area contributed by atoms with Crippen LogP contribution in [0.25, 0.3) is 0 Å². The van der Waals surface area contributed by atoms with Crippen molar-refractivity contribution < 1.29 is 64.9 Å². The van der Waals surface area contributed by atoms with Crippen molar-refractivity contribution in [2.24, 2.45) is 51.2 Å². The Labute approximate surface area is 333 Å². The second-order valence-electron chi connectivity index (χ2n) is 20.6. The van der Waals surface area contributed by atoms with Gasteiger partial charge in [0, 0.05) is 10.8 Å². The first kappa shape index (κ1) is 44.8. The number of hydrogen-bond donors (Lipinski definition) is 9. The number of ether oxygens (including phenoxy) is 4. The van der Waals surface area contributed by atoms with Crippen LogP contribution in [0.5, 0.6) is 0 Å². The average Bonchev–Trinajstić information content (AvgIpc) is 3.40. The number of aliphatic hydroxyl groups is 9. The molecule has 3 saturated carbocycles. The van der Waals surface area contributed by atoms with Crippen LogP contribution in [0, 0.1) is 51.2 Å². The van der Waals surface area contributed by atoms with Gasteiger partial charge in [-0.15, -0.1) is 0 Å². The first-order valence-corrected chi connectivity index (χ1v) is 21.3. The molecule has 5 fully saturated rings. The summed E-state index contributed by atoms with van der Waals surface area (Å²) in [6.07, 6.45) is -6.07. The molecule has 9 N–H and O–H groups in total. The number of rotatable bonds is 11. The van der Waals surface area contributed by atoms with Gasteiger partial charge >= 0.3 is 0 Å². The predicted octanol–water partition coefficient (Wildman–Crippen LogP) is 2.40. The maximum Gasteiger partial charge on any atom is 0.187 e. The molecular weight excluding hydrogens is 724 g/mol. The van der Waals surface area contributed by atoms with Gasteiger partial charge in [0.2, 0.25) is 0 Å². The van der Waals surface area contributed by atoms with Crippen molar-refractivity contribution in [1.29, 1.82) is 0 Å². The molecule has 2 heterocycles. The predicted molar refractivity (Wildman–Crippen MR) is 205 cm³/mol. The van der Waals surface area contributed by atoms with Gasteiger partial charge in [0.05, 0.1) is 31.0 Å². The Morgan fingerprint density at radius 3 is 2.02 bits per heavy atom. The van der Waals surface area contributed by atoms with Crippen molar-refractivity contribution in [3.63, 3.8) is 0 Å². The van der Waals surface area contributed by atoms with E-state index in [0.717, 1.165) is 44.9 Å². The summed E-state index contributed by atoms with van der Waals surface area (Å²) < 4.78 is 23.6. The SMILES string of the molecule is C[C@H](CC[C@@H](C)C(C)(C)O)C1CC[C@@]2(C)C3CC=C4C(CC[C@H](O[C@@H]5O[C@H](CO[C@@H]6O[C@H](CO)[C@@H](O)[C@H](O)[C@H]6O)[C@@H](O)[C@H](O)[C@H]5O)C4(C)C)[C@]3(C)[C@H](O)C[C@]12C. The lowest BCUT2D eigenvalue weighted by atomic mass is 9.38. The Hall–Kier alpha value is -0.780. The standard InChI is InChI=1S/C43H74O13/c1-21(10-11-22(2)40(5,6)52)23-16-17-41(7)28-14-12-24-25(43(28,9)29(45)18-42(23,41)8)13-15-30(39(24,3)4)56-38-36(51)34(49)32(47)27(55-38)20-53-37-35(50)33(48)31(46)26(19-44)54-37/h12,21-23,25-38,44-52H,10-11,13-20H2,1-9H3/t21-,22-,23?,25?,26-,27-,28?,29-,30+,31-,32-,33+,34+,35-,36-,37-,38+,41+,42-,43+/m1/s1. The van der Waals surface area contributed by atoms with E-state index in [1.807, 2.05) is 13.8 Å². The van der Waals surface area contributed by atoms with Crippen molar-refractivity contribution in [3.8, 4) is 0 Å². The minimum absolute atomic E-state index is 0.0158. The lowest BCUT2D eigenvalue weighted by Crippen LogP contribution is -2.65. The Morgan fingerprint density at radius 2 is 1.39 bits per heavy atom. The monoisotopic (exact) mass is 799 g/mol. The highest BCUT2D eigenvalue weighted by molar-refractivity contribution is 5.32. The lowest BCUT2D eigenvalue weighted by molar-refractivity contribution is -0.340. The molecule has 0 bridgehead atoms. The summed E-state index contributed by atoms with van der Waals surface area (Å²) in [5, 5.41) is 96.0. The Kier molecular flexibility index (Phi) is 12.7. The van der Waals surface area contributed by atoms with Gasteiger partial charge in [0.15, 0.2) is 12.6 Å². The van der Waals surface area contributed by atoms with Crippen LogP contribution in [-0.4, -0.2) is 138 Å². The van der Waals surface area contributed by atoms with Gasteiger partial charge in [0.1, 0.15) is 48.8 Å². The average molecular weight is 799 g/mol. The van der Waals surface area contributed by atoms with Gasteiger partial charge in [-0.3, -0.25) is 0 Å². The van der Waals surface area contributed by atoms with E-state index < -0.39 is 97.8 Å². The molecule has 56 heavy (non-hydrogen) atoms. The van der Waals surface area contributed by atoms with Gasteiger partial charge in [-0.05, 0) is 99.2 Å². The van der Waals surface area contributed by atoms with E-state index >= 15 is 0 Å². The van der Waals surface area contributed by atoms with Crippen molar-refractivity contribution in [1.82, 2.24) is 0 Å². The van der Waals surface area contributed by atoms with Gasteiger partial charge in [0.25, 0.3) is 0 Å². The van der Waals surface area contributed by atoms with Gasteiger partial charge < -0.3 is 64.9 Å². The third-order valence-corrected chi connectivity index (χ3v) is 17.1. The third kappa shape index (κ3) is 7.28. The van der Waals surface area contributed by atoms with Crippen LogP contribution in [-0.2, 0) is 18.9 Å². The van der Waals surface area contributed by atoms with Crippen LogP contribution in [0.2, 0.25) is 0 Å². The smallest absolute Gasteiger partial charge is 0.187 e. The van der Waals surface area contributed by atoms with Crippen LogP contribution < -0.4 is 0 Å². The lowest BCUT2D eigenvalue weighted by Gasteiger charge is -2.67. The summed E-state index contributed by atoms with van der Waals surface area (Å²) in [7, 11) is 0. The van der Waals surface area contributed by atoms with Crippen LogP contribution >= 0.6 is 0 Å². The molecule has 0 aromatic rings. The molecule has 0 aromatic heterocycles. The highest BCUT2D eigenvalue weighted by atomic mass is 16.7. The molecule has 2 aliphatic heterocycles. The Morgan fingerprint density at radius 1 is 0.786 bits per heavy atom. The molecular formula is C43H74O13. The molecule has 3 unspecified atom stereocenters. The number of allylic oxidation sites excluding steroid dienone is 1. The van der Waals surface area contributed by atoms with Crippen LogP contribution in [0.15, 0.2) is 11.6 Å². The topological polar surface area (TPSA) is 219 Å². The van der Waals surface area contributed by atoms with Gasteiger partial charge in [-0.2, -0.15) is 0 Å². The van der Waals surface area contributed by atoms with E-state index in [2.05, 4.69) is 54.5 Å². The summed E-state index contributed by atoms with van der Waals surface area (Å²) in [6.45, 7) is 18.8. The first-order valence-electron chi connectivity index (χ1n) is 21.3. The normalized spacial score (nSPS) is 50.3. The minimum Gasteiger partial charge on any atom is -0.394 e. The molecule has 6 rings (SSSR count). The number of fused-ring (bicyclic) bond motifs is 5. The second kappa shape index (κ2) is 15.9. The zero-order valence-electron chi connectivity index (χ0n) is 35.1. The summed E-state index contributed by atoms with van der Waals surface area (Å²) in [4.78, 5) is 0. The fourth-order valence-corrected chi connectivity index (χ4v) is 12.7. The summed E-state index contributed by atoms with van der Waals surface area (Å²) in [6, 6.07) is 0. The van der Waals surface area contributed by atoms with Crippen molar-refractivity contribution >= 4 is 0 Å². The van der Waals surface area contributed by atoms with Crippen LogP contribution in [0.1, 0.15) is 114 Å². The molecule has 0 aromatic carbocycles. The summed E-state index contributed by atoms with van der Waals surface area (Å²) in [5.41, 5.74) is -0.305. The van der Waals surface area contributed by atoms with E-state index in [9.17, 15) is 46.0 Å². The van der Waals surface area contributed by atoms with Crippen LogP contribution in [0.3, 0.4) is 0 Å². The molecule has 13 heteroatoms. The van der Waals surface area contributed by atoms with Crippen molar-refractivity contribution in [2.75, 3.05) is 13.2 Å². The molecule has 4 aliphatic carbocycles. The number of hydrogen-bond acceptors (Lipinski definition) is 13. The molecule has 2 saturated heterocycles. The molecule has 324 valence electrons. The zero-order valence-corrected chi connectivity index (χ0v) is 35.1. The second-order valence-corrected chi connectivity index (χ2v) is 20.6. The highest BCUT2D eigenvalue weighted by Crippen LogP contribution is 2.75.